The van der Waals surface area contributed by atoms with Crippen LogP contribution in [0, 0.1) is 11.8 Å². The Hall–Kier alpha value is -3.54. The number of nitrogens with one attached hydrogen (secondary N) is 1. The summed E-state index contributed by atoms with van der Waals surface area (Å²) in [6.45, 7) is 9.71. The molecule has 2 aromatic rings. The topological polar surface area (TPSA) is 98.0 Å². The molecule has 0 spiro atoms. The average Bonchev–Trinajstić information content (AvgIpc) is 3.60. The number of nitrogens with two attached hydrogens (primary N) is 2. The lowest BCUT2D eigenvalue weighted by Crippen LogP contribution is -2.20. The predicted molar refractivity (Wildman–Crippen MR) is 133 cm³/mol. The van der Waals surface area contributed by atoms with Crippen LogP contribution in [0.3, 0.4) is 0 Å². The summed E-state index contributed by atoms with van der Waals surface area (Å²) in [6.07, 6.45) is 4.46. The maximum Gasteiger partial charge on any atom is 0.128 e. The van der Waals surface area contributed by atoms with Gasteiger partial charge in [-0.3, -0.25) is 4.99 Å². The van der Waals surface area contributed by atoms with Gasteiger partial charge in [0.1, 0.15) is 17.4 Å². The van der Waals surface area contributed by atoms with Crippen LogP contribution in [0.4, 0.5) is 5.69 Å². The Balaban J connectivity index is 1.66. The molecule has 5 N–H and O–H groups in total. The number of nitrogens with zero attached hydrogens (tertiary/aromatic N) is 2. The molecule has 1 aliphatic carbocycles. The fourth-order valence-corrected chi connectivity index (χ4v) is 3.45. The maximum atomic E-state index is 6.26. The molecule has 1 aliphatic heterocycles. The van der Waals surface area contributed by atoms with Crippen molar-refractivity contribution in [2.45, 2.75) is 26.7 Å². The number of hydrogen-bond acceptors (Lipinski definition) is 5. The first kappa shape index (κ1) is 21.7. The number of amidine groups is 1. The van der Waals surface area contributed by atoms with E-state index in [9.17, 15) is 0 Å². The Morgan fingerprint density at radius 3 is 2.78 bits per heavy atom. The molecule has 0 radical (unpaired) electrons. The Labute approximate surface area is 189 Å². The van der Waals surface area contributed by atoms with Gasteiger partial charge in [0.25, 0.3) is 0 Å². The van der Waals surface area contributed by atoms with Gasteiger partial charge < -0.3 is 21.5 Å². The standard InChI is InChI=1S/C26H31N5O/c1-16(2)15-32-25-7-5-4-6-20(25)24-13-23(30-17(3)31-24)19-10-11-22(27)21(12-19)26(28)29-14-18-8-9-18/h4-7,10-13,16,18,31H,3,8-9,14-15,27H2,1-2H3,(H2,28,29). The average molecular weight is 430 g/mol. The third-order valence-corrected chi connectivity index (χ3v) is 5.41. The van der Waals surface area contributed by atoms with Crippen molar-refractivity contribution in [3.8, 4) is 5.75 Å². The summed E-state index contributed by atoms with van der Waals surface area (Å²) in [5.74, 6) is 2.96. The Morgan fingerprint density at radius 2 is 2.03 bits per heavy atom. The highest BCUT2D eigenvalue weighted by atomic mass is 16.5. The first-order valence-electron chi connectivity index (χ1n) is 11.1. The summed E-state index contributed by atoms with van der Waals surface area (Å²) in [7, 11) is 0. The van der Waals surface area contributed by atoms with Crippen LogP contribution in [0.1, 0.15) is 43.4 Å². The number of hydrogen-bond donors (Lipinski definition) is 3. The van der Waals surface area contributed by atoms with Crippen molar-refractivity contribution < 1.29 is 4.74 Å². The summed E-state index contributed by atoms with van der Waals surface area (Å²) in [4.78, 5) is 9.16. The normalized spacial score (nSPS) is 16.5. The Morgan fingerprint density at radius 1 is 1.25 bits per heavy atom. The van der Waals surface area contributed by atoms with Crippen molar-refractivity contribution in [2.75, 3.05) is 18.9 Å². The van der Waals surface area contributed by atoms with Crippen LogP contribution in [0.5, 0.6) is 5.75 Å². The predicted octanol–water partition coefficient (Wildman–Crippen LogP) is 4.32. The molecule has 0 atom stereocenters. The fourth-order valence-electron chi connectivity index (χ4n) is 3.45. The van der Waals surface area contributed by atoms with Crippen molar-refractivity contribution in [3.63, 3.8) is 0 Å². The number of anilines is 1. The highest BCUT2D eigenvalue weighted by Gasteiger charge is 2.21. The molecule has 0 unspecified atom stereocenters. The molecule has 2 aromatic carbocycles. The third kappa shape index (κ3) is 5.19. The van der Waals surface area contributed by atoms with E-state index in [1.807, 2.05) is 48.5 Å². The summed E-state index contributed by atoms with van der Waals surface area (Å²) in [5.41, 5.74) is 17.3. The minimum absolute atomic E-state index is 0.434. The van der Waals surface area contributed by atoms with Gasteiger partial charge in [-0.15, -0.1) is 0 Å². The molecule has 166 valence electrons. The van der Waals surface area contributed by atoms with Gasteiger partial charge >= 0.3 is 0 Å². The lowest BCUT2D eigenvalue weighted by atomic mass is 10.0. The summed E-state index contributed by atoms with van der Waals surface area (Å²) in [5, 5.41) is 3.27. The van der Waals surface area contributed by atoms with Gasteiger partial charge in [0.15, 0.2) is 0 Å². The summed E-state index contributed by atoms with van der Waals surface area (Å²) in [6, 6.07) is 13.7. The van der Waals surface area contributed by atoms with Crippen molar-refractivity contribution in [1.82, 2.24) is 5.32 Å². The van der Waals surface area contributed by atoms with Gasteiger partial charge in [-0.2, -0.15) is 0 Å². The Kier molecular flexibility index (Phi) is 6.30. The zero-order valence-corrected chi connectivity index (χ0v) is 18.8. The molecule has 0 bridgehead atoms. The fraction of sp³-hybridized carbons (Fsp3) is 0.308. The second-order valence-electron chi connectivity index (χ2n) is 8.80. The molecule has 1 heterocycles. The van der Waals surface area contributed by atoms with E-state index in [-0.39, 0.29) is 0 Å². The molecule has 1 saturated carbocycles. The van der Waals surface area contributed by atoms with Crippen LogP contribution in [0.25, 0.3) is 5.70 Å². The van der Waals surface area contributed by atoms with Gasteiger partial charge in [0, 0.05) is 28.9 Å². The second kappa shape index (κ2) is 9.30. The van der Waals surface area contributed by atoms with E-state index in [0.29, 0.717) is 35.8 Å². The van der Waals surface area contributed by atoms with Crippen LogP contribution in [0.2, 0.25) is 0 Å². The number of allylic oxidation sites excluding steroid dienone is 1. The highest BCUT2D eigenvalue weighted by Crippen LogP contribution is 2.30. The van der Waals surface area contributed by atoms with Gasteiger partial charge in [-0.1, -0.05) is 38.6 Å². The molecule has 2 aliphatic rings. The molecular formula is C26H31N5O. The number of aliphatic imine (C=N–C) groups is 2. The second-order valence-corrected chi connectivity index (χ2v) is 8.80. The SMILES string of the molecule is C=C1N=C(c2ccc(N)c(C(N)=NCC3CC3)c2)C=C(c2ccccc2OCC(C)C)N1. The van der Waals surface area contributed by atoms with Crippen LogP contribution in [0.15, 0.2) is 70.9 Å². The smallest absolute Gasteiger partial charge is 0.128 e. The number of rotatable bonds is 8. The van der Waals surface area contributed by atoms with E-state index in [1.54, 1.807) is 0 Å². The van der Waals surface area contributed by atoms with Crippen molar-refractivity contribution in [2.24, 2.45) is 27.6 Å². The quantitative estimate of drug-likeness (QED) is 0.331. The summed E-state index contributed by atoms with van der Waals surface area (Å²) < 4.78 is 6.05. The minimum atomic E-state index is 0.434. The number of ether oxygens (including phenoxy) is 1. The molecule has 32 heavy (non-hydrogen) atoms. The first-order valence-corrected chi connectivity index (χ1v) is 11.1. The molecule has 0 amide bonds. The molecular weight excluding hydrogens is 398 g/mol. The monoisotopic (exact) mass is 429 g/mol. The number of para-hydroxylation sites is 1. The van der Waals surface area contributed by atoms with E-state index in [1.165, 1.54) is 12.8 Å². The zero-order valence-electron chi connectivity index (χ0n) is 18.8. The first-order chi connectivity index (χ1) is 15.4. The molecule has 4 rings (SSSR count). The van der Waals surface area contributed by atoms with E-state index in [0.717, 1.165) is 40.4 Å². The van der Waals surface area contributed by atoms with E-state index >= 15 is 0 Å². The van der Waals surface area contributed by atoms with E-state index < -0.39 is 0 Å². The van der Waals surface area contributed by atoms with Crippen molar-refractivity contribution in [1.29, 1.82) is 0 Å². The molecule has 6 nitrogen and oxygen atoms in total. The van der Waals surface area contributed by atoms with Crippen molar-refractivity contribution in [3.05, 3.63) is 77.6 Å². The lowest BCUT2D eigenvalue weighted by Gasteiger charge is -2.20. The van der Waals surface area contributed by atoms with Crippen LogP contribution in [-0.4, -0.2) is 24.7 Å². The van der Waals surface area contributed by atoms with Gasteiger partial charge in [0.05, 0.1) is 18.0 Å². The van der Waals surface area contributed by atoms with Crippen molar-refractivity contribution >= 4 is 22.9 Å². The zero-order chi connectivity index (χ0) is 22.7. The molecule has 0 aromatic heterocycles. The van der Waals surface area contributed by atoms with E-state index in [4.69, 9.17) is 16.2 Å². The van der Waals surface area contributed by atoms with Crippen LogP contribution >= 0.6 is 0 Å². The van der Waals surface area contributed by atoms with Gasteiger partial charge in [0.2, 0.25) is 0 Å². The largest absolute Gasteiger partial charge is 0.493 e. The lowest BCUT2D eigenvalue weighted by molar-refractivity contribution is 0.270. The number of benzene rings is 2. The van der Waals surface area contributed by atoms with E-state index in [2.05, 4.69) is 35.7 Å². The maximum absolute atomic E-state index is 6.26. The minimum Gasteiger partial charge on any atom is -0.493 e. The van der Waals surface area contributed by atoms with Gasteiger partial charge in [-0.25, -0.2) is 4.99 Å². The number of nitrogen functional groups attached to an aromatic ring is 1. The Bertz CT molecular complexity index is 1110. The summed E-state index contributed by atoms with van der Waals surface area (Å²) >= 11 is 0. The molecule has 6 heteroatoms. The molecule has 0 saturated heterocycles. The third-order valence-electron chi connectivity index (χ3n) is 5.41. The van der Waals surface area contributed by atoms with Crippen LogP contribution in [-0.2, 0) is 0 Å². The molecule has 1 fully saturated rings. The van der Waals surface area contributed by atoms with Crippen LogP contribution < -0.4 is 21.5 Å². The highest BCUT2D eigenvalue weighted by molar-refractivity contribution is 6.15. The van der Waals surface area contributed by atoms with Gasteiger partial charge in [-0.05, 0) is 55.0 Å².